The number of carbonyl (C=O) groups excluding carboxylic acids is 3. The van der Waals surface area contributed by atoms with Crippen LogP contribution in [0.2, 0.25) is 0 Å². The van der Waals surface area contributed by atoms with Gasteiger partial charge in [-0.25, -0.2) is 13.2 Å². The number of anilines is 2. The van der Waals surface area contributed by atoms with Crippen molar-refractivity contribution in [3.63, 3.8) is 0 Å². The van der Waals surface area contributed by atoms with Crippen molar-refractivity contribution in [1.82, 2.24) is 9.80 Å². The number of amides is 2. The summed E-state index contributed by atoms with van der Waals surface area (Å²) in [5, 5.41) is 2.54. The number of primary amides is 1. The lowest BCUT2D eigenvalue weighted by molar-refractivity contribution is -0.183. The molecule has 0 unspecified atom stereocenters. The summed E-state index contributed by atoms with van der Waals surface area (Å²) >= 11 is 1.92. The Labute approximate surface area is 250 Å². The highest BCUT2D eigenvalue weighted by Crippen LogP contribution is 2.37. The summed E-state index contributed by atoms with van der Waals surface area (Å²) in [6.45, 7) is 4.81. The molecule has 1 aliphatic heterocycles. The highest BCUT2D eigenvalue weighted by Gasteiger charge is 2.53. The van der Waals surface area contributed by atoms with Gasteiger partial charge in [-0.2, -0.15) is 0 Å². The van der Waals surface area contributed by atoms with Crippen molar-refractivity contribution in [1.29, 1.82) is 0 Å². The van der Waals surface area contributed by atoms with Crippen molar-refractivity contribution in [3.8, 4) is 0 Å². The van der Waals surface area contributed by atoms with Gasteiger partial charge in [0.05, 0.1) is 35.6 Å². The SMILES string of the molecule is CC(=O)OC1(CN(C2CCCCC2)C(C)(C)C(N)=O)CN(C(=O)c2ccc(F)c(F)c2Nc2ccc(I)cc2F)C1. The smallest absolute Gasteiger partial charge is 0.303 e. The monoisotopic (exact) mass is 686 g/mol. The number of carbonyl (C=O) groups is 3. The molecule has 0 aromatic heterocycles. The number of hydrogen-bond donors (Lipinski definition) is 2. The van der Waals surface area contributed by atoms with E-state index in [1.165, 1.54) is 24.0 Å². The van der Waals surface area contributed by atoms with Crippen LogP contribution in [0.25, 0.3) is 0 Å². The lowest BCUT2D eigenvalue weighted by Crippen LogP contribution is -2.72. The van der Waals surface area contributed by atoms with Gasteiger partial charge in [0.25, 0.3) is 5.91 Å². The minimum absolute atomic E-state index is 0.0364. The van der Waals surface area contributed by atoms with Gasteiger partial charge in [-0.05, 0) is 79.6 Å². The van der Waals surface area contributed by atoms with E-state index in [0.717, 1.165) is 44.2 Å². The van der Waals surface area contributed by atoms with Crippen LogP contribution in [0, 0.1) is 21.0 Å². The molecule has 2 fully saturated rings. The fourth-order valence-corrected chi connectivity index (χ4v) is 6.12. The molecule has 12 heteroatoms. The summed E-state index contributed by atoms with van der Waals surface area (Å²) in [5.41, 5.74) is 2.76. The molecule has 0 radical (unpaired) electrons. The number of benzene rings is 2. The molecule has 0 bridgehead atoms. The summed E-state index contributed by atoms with van der Waals surface area (Å²) in [4.78, 5) is 41.5. The molecule has 0 atom stereocenters. The standard InChI is InChI=1S/C29H34F3IN4O4/c1-17(38)41-29(16-37(28(2,3)27(34)40)19-7-5-4-6-8-19)14-36(15-29)26(39)20-10-11-21(30)24(32)25(20)35-23-12-9-18(33)13-22(23)31/h9-13,19,35H,4-8,14-16H2,1-3H3,(H2,34,40). The van der Waals surface area contributed by atoms with Gasteiger partial charge in [-0.3, -0.25) is 19.3 Å². The summed E-state index contributed by atoms with van der Waals surface area (Å²) in [7, 11) is 0. The van der Waals surface area contributed by atoms with Crippen LogP contribution in [0.4, 0.5) is 24.5 Å². The molecule has 3 N–H and O–H groups in total. The van der Waals surface area contributed by atoms with E-state index in [0.29, 0.717) is 3.57 Å². The van der Waals surface area contributed by atoms with Gasteiger partial charge in [-0.1, -0.05) is 19.3 Å². The highest BCUT2D eigenvalue weighted by atomic mass is 127. The van der Waals surface area contributed by atoms with Crippen LogP contribution in [0.15, 0.2) is 30.3 Å². The van der Waals surface area contributed by atoms with Crippen molar-refractivity contribution in [3.05, 3.63) is 56.9 Å². The largest absolute Gasteiger partial charge is 0.454 e. The Balaban J connectivity index is 1.61. The molecule has 8 nitrogen and oxygen atoms in total. The Kier molecular flexibility index (Phi) is 9.22. The van der Waals surface area contributed by atoms with E-state index < -0.39 is 52.1 Å². The molecule has 1 aliphatic carbocycles. The number of likely N-dealkylation sites (tertiary alicyclic amines) is 1. The molecule has 1 heterocycles. The fraction of sp³-hybridized carbons (Fsp3) is 0.483. The summed E-state index contributed by atoms with van der Waals surface area (Å²) in [6.07, 6.45) is 4.79. The first kappa shape index (κ1) is 31.1. The second kappa shape index (κ2) is 12.2. The van der Waals surface area contributed by atoms with Crippen LogP contribution in [-0.2, 0) is 14.3 Å². The Morgan fingerprint density at radius 3 is 2.34 bits per heavy atom. The number of hydrogen-bond acceptors (Lipinski definition) is 6. The topological polar surface area (TPSA) is 105 Å². The number of ether oxygens (including phenoxy) is 1. The van der Waals surface area contributed by atoms with E-state index >= 15 is 0 Å². The van der Waals surface area contributed by atoms with Crippen LogP contribution >= 0.6 is 22.6 Å². The quantitative estimate of drug-likeness (QED) is 0.281. The van der Waals surface area contributed by atoms with Gasteiger partial charge >= 0.3 is 5.97 Å². The van der Waals surface area contributed by atoms with Crippen molar-refractivity contribution < 1.29 is 32.3 Å². The molecule has 0 spiro atoms. The normalized spacial score (nSPS) is 17.2. The zero-order chi connectivity index (χ0) is 30.1. The number of halogens is 4. The molecule has 1 saturated heterocycles. The lowest BCUT2D eigenvalue weighted by Gasteiger charge is -2.54. The van der Waals surface area contributed by atoms with E-state index in [4.69, 9.17) is 10.5 Å². The predicted molar refractivity (Wildman–Crippen MR) is 156 cm³/mol. The van der Waals surface area contributed by atoms with Gasteiger partial charge in [0, 0.05) is 23.1 Å². The number of nitrogens with one attached hydrogen (secondary N) is 1. The molecule has 2 aromatic rings. The molecular formula is C29H34F3IN4O4. The zero-order valence-electron chi connectivity index (χ0n) is 23.2. The van der Waals surface area contributed by atoms with Crippen LogP contribution < -0.4 is 11.1 Å². The highest BCUT2D eigenvalue weighted by molar-refractivity contribution is 14.1. The second-order valence-corrected chi connectivity index (χ2v) is 12.6. The summed E-state index contributed by atoms with van der Waals surface area (Å²) in [6, 6.07) is 6.16. The average Bonchev–Trinajstić information content (AvgIpc) is 2.89. The van der Waals surface area contributed by atoms with Crippen molar-refractivity contribution >= 4 is 51.7 Å². The van der Waals surface area contributed by atoms with Crippen molar-refractivity contribution in [2.24, 2.45) is 5.73 Å². The Bertz CT molecular complexity index is 1340. The first-order chi connectivity index (χ1) is 19.2. The van der Waals surface area contributed by atoms with Crippen molar-refractivity contribution in [2.45, 2.75) is 70.1 Å². The molecular weight excluding hydrogens is 652 g/mol. The maximum atomic E-state index is 15.0. The lowest BCUT2D eigenvalue weighted by atomic mass is 9.85. The van der Waals surface area contributed by atoms with Crippen LogP contribution in [-0.4, -0.2) is 64.4 Å². The van der Waals surface area contributed by atoms with Crippen molar-refractivity contribution in [2.75, 3.05) is 25.0 Å². The van der Waals surface area contributed by atoms with Gasteiger partial charge in [0.15, 0.2) is 17.2 Å². The average molecular weight is 687 g/mol. The maximum Gasteiger partial charge on any atom is 0.303 e. The maximum absolute atomic E-state index is 15.0. The third-order valence-electron chi connectivity index (χ3n) is 7.92. The van der Waals surface area contributed by atoms with Gasteiger partial charge in [0.1, 0.15) is 5.82 Å². The molecule has 222 valence electrons. The fourth-order valence-electron chi connectivity index (χ4n) is 5.67. The van der Waals surface area contributed by atoms with E-state index in [-0.39, 0.29) is 36.9 Å². The Hall–Kier alpha value is -2.87. The number of rotatable bonds is 9. The van der Waals surface area contributed by atoms with Gasteiger partial charge < -0.3 is 20.7 Å². The summed E-state index contributed by atoms with van der Waals surface area (Å²) in [5.74, 6) is -4.96. The number of nitrogens with zero attached hydrogens (tertiary/aromatic N) is 2. The predicted octanol–water partition coefficient (Wildman–Crippen LogP) is 5.11. The number of esters is 1. The number of nitrogens with two attached hydrogens (primary N) is 1. The Morgan fingerprint density at radius 1 is 1.10 bits per heavy atom. The van der Waals surface area contributed by atoms with E-state index in [2.05, 4.69) is 5.32 Å². The molecule has 1 saturated carbocycles. The third kappa shape index (κ3) is 6.63. The van der Waals surface area contributed by atoms with Crippen LogP contribution in [0.3, 0.4) is 0 Å². The third-order valence-corrected chi connectivity index (χ3v) is 8.59. The molecule has 2 aromatic carbocycles. The first-order valence-corrected chi connectivity index (χ1v) is 14.6. The van der Waals surface area contributed by atoms with Gasteiger partial charge in [0.2, 0.25) is 5.91 Å². The van der Waals surface area contributed by atoms with Gasteiger partial charge in [-0.15, -0.1) is 0 Å². The summed E-state index contributed by atoms with van der Waals surface area (Å²) < 4.78 is 50.1. The molecule has 4 rings (SSSR count). The Morgan fingerprint density at radius 2 is 1.76 bits per heavy atom. The zero-order valence-corrected chi connectivity index (χ0v) is 25.4. The second-order valence-electron chi connectivity index (χ2n) is 11.3. The van der Waals surface area contributed by atoms with Crippen LogP contribution in [0.5, 0.6) is 0 Å². The minimum Gasteiger partial charge on any atom is -0.454 e. The molecule has 2 amide bonds. The van der Waals surface area contributed by atoms with E-state index in [9.17, 15) is 27.6 Å². The van der Waals surface area contributed by atoms with E-state index in [1.807, 2.05) is 27.5 Å². The van der Waals surface area contributed by atoms with Crippen LogP contribution in [0.1, 0.15) is 63.2 Å². The van der Waals surface area contributed by atoms with E-state index in [1.54, 1.807) is 19.9 Å². The molecule has 2 aliphatic rings. The minimum atomic E-state index is -1.33. The first-order valence-electron chi connectivity index (χ1n) is 13.5. The molecule has 41 heavy (non-hydrogen) atoms.